The van der Waals surface area contributed by atoms with Gasteiger partial charge in [0.05, 0.1) is 6.54 Å². The lowest BCUT2D eigenvalue weighted by Gasteiger charge is -2.14. The Morgan fingerprint density at radius 1 is 1.30 bits per heavy atom. The summed E-state index contributed by atoms with van der Waals surface area (Å²) in [6, 6.07) is 4.64. The SMILES string of the molecule is CC(C)[C@H]1NC(=O)N(Cc2ccc3c(c2)OCO3)C1=O. The smallest absolute Gasteiger partial charge is 0.325 e. The Morgan fingerprint density at radius 3 is 2.75 bits per heavy atom. The lowest BCUT2D eigenvalue weighted by Crippen LogP contribution is -2.34. The predicted octanol–water partition coefficient (Wildman–Crippen LogP) is 1.49. The molecule has 1 atom stereocenters. The molecule has 1 saturated heterocycles. The fourth-order valence-electron chi connectivity index (χ4n) is 2.36. The van der Waals surface area contributed by atoms with Crippen molar-refractivity contribution >= 4 is 11.9 Å². The Kier molecular flexibility index (Phi) is 3.00. The van der Waals surface area contributed by atoms with E-state index < -0.39 is 6.04 Å². The summed E-state index contributed by atoms with van der Waals surface area (Å²) in [5.41, 5.74) is 0.835. The molecule has 3 amide bonds. The van der Waals surface area contributed by atoms with Gasteiger partial charge in [-0.05, 0) is 23.6 Å². The first-order valence-corrected chi connectivity index (χ1v) is 6.56. The Bertz CT molecular complexity index is 570. The van der Waals surface area contributed by atoms with Crippen LogP contribution in [0.5, 0.6) is 11.5 Å². The number of carbonyl (C=O) groups is 2. The maximum atomic E-state index is 12.2. The van der Waals surface area contributed by atoms with Crippen LogP contribution in [-0.4, -0.2) is 29.7 Å². The molecule has 106 valence electrons. The molecule has 0 spiro atoms. The van der Waals surface area contributed by atoms with Crippen LogP contribution in [0.25, 0.3) is 0 Å². The summed E-state index contributed by atoms with van der Waals surface area (Å²) in [6.45, 7) is 4.27. The van der Waals surface area contributed by atoms with Crippen molar-refractivity contribution in [1.82, 2.24) is 10.2 Å². The molecule has 1 aromatic carbocycles. The predicted molar refractivity (Wildman–Crippen MR) is 70.3 cm³/mol. The fraction of sp³-hybridized carbons (Fsp3) is 0.429. The van der Waals surface area contributed by atoms with Crippen LogP contribution in [0.4, 0.5) is 4.79 Å². The molecule has 6 nitrogen and oxygen atoms in total. The van der Waals surface area contributed by atoms with Gasteiger partial charge in [0, 0.05) is 0 Å². The van der Waals surface area contributed by atoms with Crippen molar-refractivity contribution in [3.8, 4) is 11.5 Å². The van der Waals surface area contributed by atoms with E-state index in [1.807, 2.05) is 19.9 Å². The zero-order valence-corrected chi connectivity index (χ0v) is 11.4. The molecule has 0 aromatic heterocycles. The van der Waals surface area contributed by atoms with Crippen LogP contribution in [-0.2, 0) is 11.3 Å². The number of benzene rings is 1. The van der Waals surface area contributed by atoms with Gasteiger partial charge in [-0.3, -0.25) is 9.69 Å². The van der Waals surface area contributed by atoms with Gasteiger partial charge < -0.3 is 14.8 Å². The van der Waals surface area contributed by atoms with Gasteiger partial charge in [0.1, 0.15) is 6.04 Å². The molecule has 1 aromatic rings. The molecular formula is C14H16N2O4. The van der Waals surface area contributed by atoms with Gasteiger partial charge in [0.2, 0.25) is 6.79 Å². The van der Waals surface area contributed by atoms with E-state index in [0.29, 0.717) is 11.5 Å². The molecular weight excluding hydrogens is 260 g/mol. The molecule has 0 bridgehead atoms. The zero-order chi connectivity index (χ0) is 14.3. The number of nitrogens with zero attached hydrogens (tertiary/aromatic N) is 1. The van der Waals surface area contributed by atoms with Crippen molar-refractivity contribution in [2.75, 3.05) is 6.79 Å². The van der Waals surface area contributed by atoms with Crippen molar-refractivity contribution in [3.63, 3.8) is 0 Å². The van der Waals surface area contributed by atoms with E-state index in [2.05, 4.69) is 5.32 Å². The summed E-state index contributed by atoms with van der Waals surface area (Å²) in [5, 5.41) is 2.71. The third-order valence-corrected chi connectivity index (χ3v) is 3.50. The van der Waals surface area contributed by atoms with Crippen molar-refractivity contribution in [2.45, 2.75) is 26.4 Å². The van der Waals surface area contributed by atoms with E-state index in [1.165, 1.54) is 4.90 Å². The molecule has 0 aliphatic carbocycles. The van der Waals surface area contributed by atoms with Crippen molar-refractivity contribution < 1.29 is 19.1 Å². The van der Waals surface area contributed by atoms with E-state index in [-0.39, 0.29) is 31.2 Å². The topological polar surface area (TPSA) is 67.9 Å². The summed E-state index contributed by atoms with van der Waals surface area (Å²) in [7, 11) is 0. The molecule has 0 saturated carbocycles. The monoisotopic (exact) mass is 276 g/mol. The highest BCUT2D eigenvalue weighted by molar-refractivity contribution is 6.04. The lowest BCUT2D eigenvalue weighted by molar-refractivity contribution is -0.128. The number of imide groups is 1. The highest BCUT2D eigenvalue weighted by Gasteiger charge is 2.39. The minimum absolute atomic E-state index is 0.0770. The molecule has 2 aliphatic heterocycles. The fourth-order valence-corrected chi connectivity index (χ4v) is 2.36. The van der Waals surface area contributed by atoms with Gasteiger partial charge in [0.25, 0.3) is 5.91 Å². The molecule has 0 unspecified atom stereocenters. The van der Waals surface area contributed by atoms with Gasteiger partial charge in [-0.15, -0.1) is 0 Å². The van der Waals surface area contributed by atoms with Gasteiger partial charge in [-0.25, -0.2) is 4.79 Å². The summed E-state index contributed by atoms with van der Waals surface area (Å²) in [4.78, 5) is 25.3. The second-order valence-electron chi connectivity index (χ2n) is 5.28. The highest BCUT2D eigenvalue weighted by Crippen LogP contribution is 2.33. The molecule has 6 heteroatoms. The van der Waals surface area contributed by atoms with E-state index in [9.17, 15) is 9.59 Å². The van der Waals surface area contributed by atoms with Crippen LogP contribution in [0.1, 0.15) is 19.4 Å². The maximum Gasteiger partial charge on any atom is 0.325 e. The van der Waals surface area contributed by atoms with Gasteiger partial charge >= 0.3 is 6.03 Å². The highest BCUT2D eigenvalue weighted by atomic mass is 16.7. The number of hydrogen-bond donors (Lipinski definition) is 1. The molecule has 20 heavy (non-hydrogen) atoms. The first-order valence-electron chi connectivity index (χ1n) is 6.56. The number of amides is 3. The third-order valence-electron chi connectivity index (χ3n) is 3.50. The Balaban J connectivity index is 1.78. The normalized spacial score (nSPS) is 20.8. The Morgan fingerprint density at radius 2 is 2.05 bits per heavy atom. The second kappa shape index (κ2) is 4.70. The van der Waals surface area contributed by atoms with E-state index >= 15 is 0 Å². The molecule has 2 heterocycles. The van der Waals surface area contributed by atoms with Crippen LogP contribution in [0.2, 0.25) is 0 Å². The molecule has 2 aliphatic rings. The van der Waals surface area contributed by atoms with Crippen LogP contribution >= 0.6 is 0 Å². The summed E-state index contributed by atoms with van der Waals surface area (Å²) >= 11 is 0. The van der Waals surface area contributed by atoms with Crippen LogP contribution in [0.3, 0.4) is 0 Å². The molecule has 1 N–H and O–H groups in total. The molecule has 0 radical (unpaired) electrons. The number of carbonyl (C=O) groups excluding carboxylic acids is 2. The number of rotatable bonds is 3. The number of fused-ring (bicyclic) bond motifs is 1. The standard InChI is InChI=1S/C14H16N2O4/c1-8(2)12-13(17)16(14(18)15-12)6-9-3-4-10-11(5-9)20-7-19-10/h3-5,8,12H,6-7H2,1-2H3,(H,15,18)/t12-/m1/s1. The summed E-state index contributed by atoms with van der Waals surface area (Å²) in [6.07, 6.45) is 0. The third kappa shape index (κ3) is 2.07. The number of ether oxygens (including phenoxy) is 2. The minimum atomic E-state index is -0.434. The average molecular weight is 276 g/mol. The molecule has 3 rings (SSSR count). The largest absolute Gasteiger partial charge is 0.454 e. The number of hydrogen-bond acceptors (Lipinski definition) is 4. The zero-order valence-electron chi connectivity index (χ0n) is 11.4. The maximum absolute atomic E-state index is 12.2. The first kappa shape index (κ1) is 12.8. The second-order valence-corrected chi connectivity index (χ2v) is 5.28. The molecule has 1 fully saturated rings. The van der Waals surface area contributed by atoms with Crippen molar-refractivity contribution in [2.24, 2.45) is 5.92 Å². The van der Waals surface area contributed by atoms with Gasteiger partial charge in [-0.2, -0.15) is 0 Å². The van der Waals surface area contributed by atoms with Crippen molar-refractivity contribution in [1.29, 1.82) is 0 Å². The Labute approximate surface area is 116 Å². The summed E-state index contributed by atoms with van der Waals surface area (Å²) < 4.78 is 10.5. The lowest BCUT2D eigenvalue weighted by atomic mass is 10.0. The number of urea groups is 1. The summed E-state index contributed by atoms with van der Waals surface area (Å²) in [5.74, 6) is 1.23. The quantitative estimate of drug-likeness (QED) is 0.849. The van der Waals surface area contributed by atoms with Gasteiger partial charge in [-0.1, -0.05) is 19.9 Å². The minimum Gasteiger partial charge on any atom is -0.454 e. The van der Waals surface area contributed by atoms with Crippen LogP contribution < -0.4 is 14.8 Å². The van der Waals surface area contributed by atoms with E-state index in [1.54, 1.807) is 12.1 Å². The van der Waals surface area contributed by atoms with Gasteiger partial charge in [0.15, 0.2) is 11.5 Å². The van der Waals surface area contributed by atoms with Crippen molar-refractivity contribution in [3.05, 3.63) is 23.8 Å². The van der Waals surface area contributed by atoms with Crippen LogP contribution in [0.15, 0.2) is 18.2 Å². The average Bonchev–Trinajstić information content (AvgIpc) is 2.97. The van der Waals surface area contributed by atoms with Crippen LogP contribution in [0, 0.1) is 5.92 Å². The van der Waals surface area contributed by atoms with E-state index in [4.69, 9.17) is 9.47 Å². The number of nitrogens with one attached hydrogen (secondary N) is 1. The Hall–Kier alpha value is -2.24. The van der Waals surface area contributed by atoms with E-state index in [0.717, 1.165) is 5.56 Å². The first-order chi connectivity index (χ1) is 9.56.